The third-order valence-electron chi connectivity index (χ3n) is 6.30. The number of hydrogen-bond acceptors (Lipinski definition) is 6. The van der Waals surface area contributed by atoms with Crippen LogP contribution in [0.2, 0.25) is 0 Å². The number of aromatic nitrogens is 1. The number of fused-ring (bicyclic) bond motifs is 1. The van der Waals surface area contributed by atoms with E-state index in [1.807, 2.05) is 6.07 Å². The minimum Gasteiger partial charge on any atom is -0.474 e. The number of nitrogens with zero attached hydrogens (tertiary/aromatic N) is 2. The first-order valence-electron chi connectivity index (χ1n) is 11.4. The summed E-state index contributed by atoms with van der Waals surface area (Å²) in [6, 6.07) is 16.6. The highest BCUT2D eigenvalue weighted by molar-refractivity contribution is 7.90. The number of benzene rings is 2. The van der Waals surface area contributed by atoms with Crippen molar-refractivity contribution in [1.82, 2.24) is 10.3 Å². The van der Waals surface area contributed by atoms with Gasteiger partial charge in [-0.1, -0.05) is 18.2 Å². The van der Waals surface area contributed by atoms with Gasteiger partial charge < -0.3 is 15.0 Å². The number of aryl methyl sites for hydroxylation is 1. The Hall–Kier alpha value is -3.39. The molecule has 1 saturated carbocycles. The Labute approximate surface area is 199 Å². The molecule has 176 valence electrons. The molecule has 0 radical (unpaired) electrons. The SMILES string of the molecule is Cc1cc(N2CCOc3nc(C(=O)NCc4ccc(S(C)(=O)=O)cc4)ccc32)ccc1C1CC1. The number of carbonyl (C=O) groups excluding carboxylic acids is 1. The van der Waals surface area contributed by atoms with Crippen LogP contribution in [0.15, 0.2) is 59.5 Å². The van der Waals surface area contributed by atoms with Gasteiger partial charge in [0.25, 0.3) is 5.91 Å². The van der Waals surface area contributed by atoms with Crippen molar-refractivity contribution in [3.8, 4) is 5.88 Å². The van der Waals surface area contributed by atoms with Crippen molar-refractivity contribution in [2.75, 3.05) is 24.3 Å². The summed E-state index contributed by atoms with van der Waals surface area (Å²) in [6.45, 7) is 3.63. The van der Waals surface area contributed by atoms with Crippen LogP contribution in [-0.2, 0) is 16.4 Å². The molecule has 1 N–H and O–H groups in total. The molecule has 1 aliphatic heterocycles. The Morgan fingerprint density at radius 2 is 1.88 bits per heavy atom. The third kappa shape index (κ3) is 4.63. The molecule has 0 atom stereocenters. The Bertz CT molecular complexity index is 1350. The predicted molar refractivity (Wildman–Crippen MR) is 131 cm³/mol. The number of amides is 1. The maximum absolute atomic E-state index is 12.7. The van der Waals surface area contributed by atoms with Gasteiger partial charge in [0.1, 0.15) is 18.0 Å². The van der Waals surface area contributed by atoms with Crippen LogP contribution in [0.3, 0.4) is 0 Å². The smallest absolute Gasteiger partial charge is 0.270 e. The second-order valence-corrected chi connectivity index (χ2v) is 11.0. The molecule has 1 aliphatic carbocycles. The van der Waals surface area contributed by atoms with E-state index in [2.05, 4.69) is 40.3 Å². The second-order valence-electron chi connectivity index (χ2n) is 8.93. The van der Waals surface area contributed by atoms with Crippen LogP contribution in [0.4, 0.5) is 11.4 Å². The summed E-state index contributed by atoms with van der Waals surface area (Å²) >= 11 is 0. The summed E-state index contributed by atoms with van der Waals surface area (Å²) in [5.74, 6) is 0.840. The standard InChI is InChI=1S/C26H27N3O4S/c1-17-15-20(7-10-22(17)19-5-6-19)29-13-14-33-26-24(29)12-11-23(28-26)25(30)27-16-18-3-8-21(9-4-18)34(2,31)32/h3-4,7-12,15,19H,5-6,13-14,16H2,1-2H3,(H,27,30). The molecule has 5 rings (SSSR count). The number of pyridine rings is 1. The molecule has 0 bridgehead atoms. The molecule has 2 heterocycles. The lowest BCUT2D eigenvalue weighted by atomic mass is 10.0. The Kier molecular flexibility index (Phi) is 5.77. The largest absolute Gasteiger partial charge is 0.474 e. The van der Waals surface area contributed by atoms with Crippen LogP contribution < -0.4 is 15.0 Å². The quantitative estimate of drug-likeness (QED) is 0.574. The summed E-state index contributed by atoms with van der Waals surface area (Å²) in [5.41, 5.74) is 5.76. The lowest BCUT2D eigenvalue weighted by molar-refractivity contribution is 0.0944. The van der Waals surface area contributed by atoms with E-state index >= 15 is 0 Å². The second kappa shape index (κ2) is 8.76. The summed E-state index contributed by atoms with van der Waals surface area (Å²) < 4.78 is 29.0. The highest BCUT2D eigenvalue weighted by atomic mass is 32.2. The molecule has 2 aromatic carbocycles. The first-order chi connectivity index (χ1) is 16.3. The average Bonchev–Trinajstić information content (AvgIpc) is 3.67. The molecule has 34 heavy (non-hydrogen) atoms. The molecular weight excluding hydrogens is 450 g/mol. The van der Waals surface area contributed by atoms with Gasteiger partial charge >= 0.3 is 0 Å². The number of anilines is 2. The number of ether oxygens (including phenoxy) is 1. The Balaban J connectivity index is 1.29. The molecule has 1 fully saturated rings. The van der Waals surface area contributed by atoms with Gasteiger partial charge in [0.15, 0.2) is 9.84 Å². The number of sulfone groups is 1. The maximum atomic E-state index is 12.7. The van der Waals surface area contributed by atoms with Crippen LogP contribution in [0.5, 0.6) is 5.88 Å². The molecule has 1 aromatic heterocycles. The molecule has 2 aliphatic rings. The van der Waals surface area contributed by atoms with Gasteiger partial charge in [0.05, 0.1) is 11.4 Å². The summed E-state index contributed by atoms with van der Waals surface area (Å²) in [6.07, 6.45) is 3.72. The zero-order valence-electron chi connectivity index (χ0n) is 19.2. The van der Waals surface area contributed by atoms with Crippen molar-refractivity contribution in [2.45, 2.75) is 37.1 Å². The van der Waals surface area contributed by atoms with Crippen LogP contribution in [0.1, 0.15) is 45.9 Å². The minimum atomic E-state index is -3.25. The van der Waals surface area contributed by atoms with Crippen LogP contribution in [0.25, 0.3) is 0 Å². The van der Waals surface area contributed by atoms with Crippen molar-refractivity contribution in [3.63, 3.8) is 0 Å². The van der Waals surface area contributed by atoms with Gasteiger partial charge in [-0.15, -0.1) is 0 Å². The van der Waals surface area contributed by atoms with E-state index in [0.29, 0.717) is 24.9 Å². The van der Waals surface area contributed by atoms with Crippen molar-refractivity contribution in [2.24, 2.45) is 0 Å². The first-order valence-corrected chi connectivity index (χ1v) is 13.3. The zero-order chi connectivity index (χ0) is 23.9. The fraction of sp³-hybridized carbons (Fsp3) is 0.308. The van der Waals surface area contributed by atoms with Crippen molar-refractivity contribution >= 4 is 27.1 Å². The van der Waals surface area contributed by atoms with Crippen molar-refractivity contribution in [3.05, 3.63) is 77.0 Å². The van der Waals surface area contributed by atoms with E-state index in [1.165, 1.54) is 42.4 Å². The fourth-order valence-electron chi connectivity index (χ4n) is 4.30. The molecular formula is C26H27N3O4S. The molecule has 3 aromatic rings. The molecule has 0 saturated heterocycles. The van der Waals surface area contributed by atoms with E-state index in [-0.39, 0.29) is 23.0 Å². The Morgan fingerprint density at radius 1 is 1.12 bits per heavy atom. The number of carbonyl (C=O) groups is 1. The van der Waals surface area contributed by atoms with Crippen LogP contribution in [0, 0.1) is 6.92 Å². The highest BCUT2D eigenvalue weighted by Crippen LogP contribution is 2.43. The van der Waals surface area contributed by atoms with Gasteiger partial charge in [0, 0.05) is 18.5 Å². The monoisotopic (exact) mass is 477 g/mol. The summed E-state index contributed by atoms with van der Waals surface area (Å²) in [7, 11) is -3.25. The number of rotatable bonds is 6. The van der Waals surface area contributed by atoms with Crippen molar-refractivity contribution in [1.29, 1.82) is 0 Å². The normalized spacial score (nSPS) is 15.4. The number of hydrogen-bond donors (Lipinski definition) is 1. The van der Waals surface area contributed by atoms with Crippen LogP contribution >= 0.6 is 0 Å². The van der Waals surface area contributed by atoms with E-state index in [9.17, 15) is 13.2 Å². The first kappa shape index (κ1) is 22.4. The van der Waals surface area contributed by atoms with Gasteiger partial charge in [-0.25, -0.2) is 13.4 Å². The highest BCUT2D eigenvalue weighted by Gasteiger charge is 2.27. The van der Waals surface area contributed by atoms with E-state index < -0.39 is 9.84 Å². The minimum absolute atomic E-state index is 0.248. The van der Waals surface area contributed by atoms with E-state index in [0.717, 1.165) is 16.9 Å². The zero-order valence-corrected chi connectivity index (χ0v) is 20.1. The third-order valence-corrected chi connectivity index (χ3v) is 7.43. The van der Waals surface area contributed by atoms with E-state index in [4.69, 9.17) is 4.74 Å². The van der Waals surface area contributed by atoms with Crippen LogP contribution in [-0.4, -0.2) is 38.7 Å². The van der Waals surface area contributed by atoms with Gasteiger partial charge in [-0.3, -0.25) is 4.79 Å². The molecule has 8 heteroatoms. The lowest BCUT2D eigenvalue weighted by Gasteiger charge is -2.31. The lowest BCUT2D eigenvalue weighted by Crippen LogP contribution is -2.30. The summed E-state index contributed by atoms with van der Waals surface area (Å²) in [4.78, 5) is 19.6. The van der Waals surface area contributed by atoms with E-state index in [1.54, 1.807) is 18.2 Å². The maximum Gasteiger partial charge on any atom is 0.270 e. The number of nitrogens with one attached hydrogen (secondary N) is 1. The van der Waals surface area contributed by atoms with Gasteiger partial charge in [-0.2, -0.15) is 0 Å². The summed E-state index contributed by atoms with van der Waals surface area (Å²) in [5, 5.41) is 2.83. The van der Waals surface area contributed by atoms with Crippen molar-refractivity contribution < 1.29 is 17.9 Å². The molecule has 7 nitrogen and oxygen atoms in total. The molecule has 0 unspecified atom stereocenters. The van der Waals surface area contributed by atoms with Gasteiger partial charge in [-0.05, 0) is 78.8 Å². The topological polar surface area (TPSA) is 88.6 Å². The van der Waals surface area contributed by atoms with Gasteiger partial charge in [0.2, 0.25) is 5.88 Å². The molecule has 1 amide bonds. The average molecular weight is 478 g/mol. The predicted octanol–water partition coefficient (Wildman–Crippen LogP) is 4.13. The molecule has 0 spiro atoms. The Morgan fingerprint density at radius 3 is 2.56 bits per heavy atom. The fourth-order valence-corrected chi connectivity index (χ4v) is 4.93.